The molecule has 1 aliphatic heterocycles. The van der Waals surface area contributed by atoms with Crippen molar-refractivity contribution in [1.82, 2.24) is 4.90 Å². The SMILES string of the molecule is CCCCOc1cccc(C2c3c(oc4ccc(Br)cc4c3=O)C(=O)N2C)c1. The van der Waals surface area contributed by atoms with E-state index in [1.807, 2.05) is 24.3 Å². The van der Waals surface area contributed by atoms with Crippen LogP contribution in [0.4, 0.5) is 0 Å². The highest BCUT2D eigenvalue weighted by atomic mass is 79.9. The van der Waals surface area contributed by atoms with Gasteiger partial charge in [0.25, 0.3) is 5.91 Å². The Morgan fingerprint density at radius 2 is 2.00 bits per heavy atom. The van der Waals surface area contributed by atoms with E-state index >= 15 is 0 Å². The highest BCUT2D eigenvalue weighted by Gasteiger charge is 2.40. The smallest absolute Gasteiger partial charge is 0.290 e. The van der Waals surface area contributed by atoms with E-state index in [1.54, 1.807) is 30.1 Å². The van der Waals surface area contributed by atoms with Crippen LogP contribution in [0.1, 0.15) is 47.5 Å². The van der Waals surface area contributed by atoms with Crippen LogP contribution in [0.5, 0.6) is 5.75 Å². The molecule has 4 rings (SSSR count). The van der Waals surface area contributed by atoms with Gasteiger partial charge in [-0.1, -0.05) is 41.4 Å². The molecule has 144 valence electrons. The predicted octanol–water partition coefficient (Wildman–Crippen LogP) is 4.91. The van der Waals surface area contributed by atoms with Gasteiger partial charge in [0.05, 0.1) is 23.6 Å². The number of halogens is 1. The number of hydrogen-bond acceptors (Lipinski definition) is 4. The van der Waals surface area contributed by atoms with Crippen LogP contribution in [0.25, 0.3) is 11.0 Å². The molecule has 28 heavy (non-hydrogen) atoms. The van der Waals surface area contributed by atoms with Gasteiger partial charge < -0.3 is 14.1 Å². The number of ether oxygens (including phenoxy) is 1. The predicted molar refractivity (Wildman–Crippen MR) is 111 cm³/mol. The van der Waals surface area contributed by atoms with Gasteiger partial charge in [-0.05, 0) is 42.3 Å². The molecule has 0 saturated heterocycles. The molecular weight excluding hydrogens is 422 g/mol. The standard InChI is InChI=1S/C22H20BrNO4/c1-3-4-10-27-15-7-5-6-13(11-15)19-18-20(25)16-12-14(23)8-9-17(16)28-21(18)22(26)24(19)2/h5-9,11-12,19H,3-4,10H2,1-2H3. The molecule has 6 heteroatoms. The topological polar surface area (TPSA) is 59.8 Å². The van der Waals surface area contributed by atoms with Crippen LogP contribution < -0.4 is 10.2 Å². The Balaban J connectivity index is 1.84. The van der Waals surface area contributed by atoms with Gasteiger partial charge in [-0.25, -0.2) is 0 Å². The summed E-state index contributed by atoms with van der Waals surface area (Å²) in [6, 6.07) is 12.3. The number of hydrogen-bond donors (Lipinski definition) is 0. The minimum atomic E-state index is -0.503. The monoisotopic (exact) mass is 441 g/mol. The van der Waals surface area contributed by atoms with Gasteiger partial charge in [-0.2, -0.15) is 0 Å². The number of fused-ring (bicyclic) bond motifs is 2. The lowest BCUT2D eigenvalue weighted by molar-refractivity contribution is 0.0771. The molecule has 0 bridgehead atoms. The lowest BCUT2D eigenvalue weighted by Gasteiger charge is -2.21. The molecule has 5 nitrogen and oxygen atoms in total. The summed E-state index contributed by atoms with van der Waals surface area (Å²) in [5.74, 6) is 0.553. The highest BCUT2D eigenvalue weighted by Crippen LogP contribution is 2.38. The van der Waals surface area contributed by atoms with Crippen molar-refractivity contribution < 1.29 is 13.9 Å². The summed E-state index contributed by atoms with van der Waals surface area (Å²) in [6.45, 7) is 2.74. The average Bonchev–Trinajstić information content (AvgIpc) is 2.94. The van der Waals surface area contributed by atoms with Crippen molar-refractivity contribution in [2.45, 2.75) is 25.8 Å². The van der Waals surface area contributed by atoms with E-state index in [2.05, 4.69) is 22.9 Å². The molecule has 1 amide bonds. The quantitative estimate of drug-likeness (QED) is 0.527. The summed E-state index contributed by atoms with van der Waals surface area (Å²) < 4.78 is 12.4. The van der Waals surface area contributed by atoms with Crippen molar-refractivity contribution >= 4 is 32.8 Å². The Bertz CT molecular complexity index is 1120. The van der Waals surface area contributed by atoms with Crippen LogP contribution in [0.2, 0.25) is 0 Å². The molecular formula is C22H20BrNO4. The molecule has 2 aromatic carbocycles. The van der Waals surface area contributed by atoms with E-state index in [0.717, 1.165) is 28.6 Å². The Morgan fingerprint density at radius 3 is 2.79 bits per heavy atom. The Labute approximate surface area is 171 Å². The highest BCUT2D eigenvalue weighted by molar-refractivity contribution is 9.10. The number of amides is 1. The molecule has 1 aromatic heterocycles. The van der Waals surface area contributed by atoms with Crippen LogP contribution >= 0.6 is 15.9 Å². The Hall–Kier alpha value is -2.60. The Kier molecular flexibility index (Phi) is 4.98. The summed E-state index contributed by atoms with van der Waals surface area (Å²) in [4.78, 5) is 27.6. The molecule has 0 aliphatic carbocycles. The molecule has 0 saturated carbocycles. The minimum Gasteiger partial charge on any atom is -0.494 e. The molecule has 0 N–H and O–H groups in total. The van der Waals surface area contributed by atoms with Crippen LogP contribution in [0.15, 0.2) is 56.1 Å². The third kappa shape index (κ3) is 3.11. The van der Waals surface area contributed by atoms with Crippen molar-refractivity contribution in [2.24, 2.45) is 0 Å². The first-order chi connectivity index (χ1) is 13.5. The van der Waals surface area contributed by atoms with Gasteiger partial charge in [-0.15, -0.1) is 0 Å². The molecule has 1 unspecified atom stereocenters. The molecule has 3 aromatic rings. The zero-order valence-electron chi connectivity index (χ0n) is 15.7. The lowest BCUT2D eigenvalue weighted by Crippen LogP contribution is -2.25. The Morgan fingerprint density at radius 1 is 1.18 bits per heavy atom. The fourth-order valence-corrected chi connectivity index (χ4v) is 3.92. The summed E-state index contributed by atoms with van der Waals surface area (Å²) in [7, 11) is 1.69. The van der Waals surface area contributed by atoms with Crippen LogP contribution in [0, 0.1) is 0 Å². The number of unbranched alkanes of at least 4 members (excludes halogenated alkanes) is 1. The second kappa shape index (κ2) is 7.43. The number of benzene rings is 2. The van der Waals surface area contributed by atoms with E-state index < -0.39 is 6.04 Å². The number of rotatable bonds is 5. The third-order valence-corrected chi connectivity index (χ3v) is 5.50. The molecule has 1 aliphatic rings. The first kappa shape index (κ1) is 18.7. The average molecular weight is 442 g/mol. The fraction of sp³-hybridized carbons (Fsp3) is 0.273. The second-order valence-corrected chi connectivity index (χ2v) is 7.82. The van der Waals surface area contributed by atoms with Gasteiger partial charge in [0.1, 0.15) is 11.3 Å². The van der Waals surface area contributed by atoms with Crippen LogP contribution in [-0.4, -0.2) is 24.5 Å². The zero-order valence-corrected chi connectivity index (χ0v) is 17.3. The minimum absolute atomic E-state index is 0.115. The van der Waals surface area contributed by atoms with Gasteiger partial charge in [-0.3, -0.25) is 9.59 Å². The maximum atomic E-state index is 13.3. The van der Waals surface area contributed by atoms with Gasteiger partial charge >= 0.3 is 0 Å². The summed E-state index contributed by atoms with van der Waals surface area (Å²) in [5, 5.41) is 0.455. The molecule has 2 heterocycles. The van der Waals surface area contributed by atoms with Crippen LogP contribution in [0.3, 0.4) is 0 Å². The van der Waals surface area contributed by atoms with Crippen molar-refractivity contribution in [1.29, 1.82) is 0 Å². The van der Waals surface area contributed by atoms with Crippen molar-refractivity contribution in [3.63, 3.8) is 0 Å². The summed E-state index contributed by atoms with van der Waals surface area (Å²) >= 11 is 3.40. The fourth-order valence-electron chi connectivity index (χ4n) is 3.56. The third-order valence-electron chi connectivity index (χ3n) is 5.00. The normalized spacial score (nSPS) is 15.9. The first-order valence-electron chi connectivity index (χ1n) is 9.27. The van der Waals surface area contributed by atoms with E-state index in [9.17, 15) is 9.59 Å². The largest absolute Gasteiger partial charge is 0.494 e. The van der Waals surface area contributed by atoms with E-state index in [4.69, 9.17) is 9.15 Å². The number of carbonyl (C=O) groups excluding carboxylic acids is 1. The van der Waals surface area contributed by atoms with Crippen molar-refractivity contribution in [2.75, 3.05) is 13.7 Å². The maximum Gasteiger partial charge on any atom is 0.290 e. The van der Waals surface area contributed by atoms with Gasteiger partial charge in [0.2, 0.25) is 5.76 Å². The van der Waals surface area contributed by atoms with Crippen molar-refractivity contribution in [3.05, 3.63) is 74.0 Å². The van der Waals surface area contributed by atoms with E-state index in [1.165, 1.54) is 0 Å². The lowest BCUT2D eigenvalue weighted by atomic mass is 9.98. The van der Waals surface area contributed by atoms with Gasteiger partial charge in [0.15, 0.2) is 5.43 Å². The van der Waals surface area contributed by atoms with E-state index in [0.29, 0.717) is 23.1 Å². The van der Waals surface area contributed by atoms with Crippen LogP contribution in [-0.2, 0) is 0 Å². The summed E-state index contributed by atoms with van der Waals surface area (Å²) in [5.41, 5.74) is 1.43. The zero-order chi connectivity index (χ0) is 19.8. The molecule has 1 atom stereocenters. The van der Waals surface area contributed by atoms with E-state index in [-0.39, 0.29) is 17.1 Å². The first-order valence-corrected chi connectivity index (χ1v) is 10.1. The summed E-state index contributed by atoms with van der Waals surface area (Å²) in [6.07, 6.45) is 2.02. The molecule has 0 spiro atoms. The van der Waals surface area contributed by atoms with Gasteiger partial charge in [0, 0.05) is 11.5 Å². The van der Waals surface area contributed by atoms with Crippen molar-refractivity contribution in [3.8, 4) is 5.75 Å². The number of carbonyl (C=O) groups is 1. The molecule has 0 fully saturated rings. The second-order valence-electron chi connectivity index (χ2n) is 6.91. The maximum absolute atomic E-state index is 13.3. The molecule has 0 radical (unpaired) electrons. The number of nitrogens with zero attached hydrogens (tertiary/aromatic N) is 1.